The topological polar surface area (TPSA) is 106 Å². The number of carbonyl (C=O) groups is 2. The second-order valence-electron chi connectivity index (χ2n) is 5.65. The summed E-state index contributed by atoms with van der Waals surface area (Å²) in [6.07, 6.45) is 3.20. The van der Waals surface area contributed by atoms with Crippen LogP contribution in [0.3, 0.4) is 0 Å². The van der Waals surface area contributed by atoms with E-state index >= 15 is 0 Å². The normalized spacial score (nSPS) is 12.9. The number of nitrogens with two attached hydrogens (primary N) is 1. The minimum Gasteiger partial charge on any atom is -0.383 e. The summed E-state index contributed by atoms with van der Waals surface area (Å²) in [5.74, 6) is -0.539. The van der Waals surface area contributed by atoms with E-state index in [9.17, 15) is 9.59 Å². The number of nitrogens with one attached hydrogen (secondary N) is 2. The molecule has 0 aliphatic rings. The lowest BCUT2D eigenvalue weighted by atomic mass is 10.0. The van der Waals surface area contributed by atoms with Gasteiger partial charge >= 0.3 is 0 Å². The molecular weight excluding hydrogens is 320 g/mol. The van der Waals surface area contributed by atoms with Crippen molar-refractivity contribution in [1.82, 2.24) is 10.3 Å². The molecule has 0 aliphatic heterocycles. The van der Waals surface area contributed by atoms with E-state index in [1.165, 1.54) is 0 Å². The largest absolute Gasteiger partial charge is 0.383 e. The smallest absolute Gasteiger partial charge is 0.255 e. The Labute approximate surface area is 146 Å². The summed E-state index contributed by atoms with van der Waals surface area (Å²) in [5, 5.41) is 5.54. The third-order valence-corrected chi connectivity index (χ3v) is 3.56. The van der Waals surface area contributed by atoms with Crippen LogP contribution in [0.4, 0.5) is 5.69 Å². The SMILES string of the molecule is COCC(C)NC(=O)C(N)c1ccc(C(=O)Nc2ccncc2)cc1. The Balaban J connectivity index is 1.98. The first-order valence-corrected chi connectivity index (χ1v) is 7.87. The number of carbonyl (C=O) groups excluding carboxylic acids is 2. The molecule has 2 rings (SSSR count). The van der Waals surface area contributed by atoms with Crippen molar-refractivity contribution in [3.8, 4) is 0 Å². The zero-order chi connectivity index (χ0) is 18.2. The van der Waals surface area contributed by atoms with Crippen LogP contribution >= 0.6 is 0 Å². The van der Waals surface area contributed by atoms with Gasteiger partial charge in [0, 0.05) is 36.8 Å². The average Bonchev–Trinajstić information content (AvgIpc) is 2.62. The Hall–Kier alpha value is -2.77. The molecule has 2 atom stereocenters. The fourth-order valence-electron chi connectivity index (χ4n) is 2.26. The number of anilines is 1. The zero-order valence-electron chi connectivity index (χ0n) is 14.2. The van der Waals surface area contributed by atoms with Crippen LogP contribution in [0, 0.1) is 0 Å². The Morgan fingerprint density at radius 3 is 2.40 bits per heavy atom. The van der Waals surface area contributed by atoms with Crippen molar-refractivity contribution < 1.29 is 14.3 Å². The number of rotatable bonds is 7. The van der Waals surface area contributed by atoms with Gasteiger partial charge in [-0.2, -0.15) is 0 Å². The van der Waals surface area contributed by atoms with Gasteiger partial charge in [0.15, 0.2) is 0 Å². The van der Waals surface area contributed by atoms with Crippen molar-refractivity contribution in [1.29, 1.82) is 0 Å². The van der Waals surface area contributed by atoms with Crippen molar-refractivity contribution in [3.05, 3.63) is 59.9 Å². The van der Waals surface area contributed by atoms with Crippen LogP contribution in [0.1, 0.15) is 28.9 Å². The van der Waals surface area contributed by atoms with Crippen molar-refractivity contribution in [2.45, 2.75) is 19.0 Å². The Bertz CT molecular complexity index is 704. The first-order valence-electron chi connectivity index (χ1n) is 7.87. The van der Waals surface area contributed by atoms with Gasteiger partial charge in [-0.15, -0.1) is 0 Å². The monoisotopic (exact) mass is 342 g/mol. The molecule has 7 nitrogen and oxygen atoms in total. The van der Waals surface area contributed by atoms with Crippen LogP contribution in [-0.4, -0.2) is 36.6 Å². The zero-order valence-corrected chi connectivity index (χ0v) is 14.2. The third kappa shape index (κ3) is 5.37. The summed E-state index contributed by atoms with van der Waals surface area (Å²) in [6, 6.07) is 9.08. The highest BCUT2D eigenvalue weighted by Gasteiger charge is 2.18. The number of pyridine rings is 1. The van der Waals surface area contributed by atoms with E-state index in [1.54, 1.807) is 55.9 Å². The molecule has 1 aromatic heterocycles. The lowest BCUT2D eigenvalue weighted by molar-refractivity contribution is -0.123. The van der Waals surface area contributed by atoms with E-state index < -0.39 is 6.04 Å². The minimum atomic E-state index is -0.809. The highest BCUT2D eigenvalue weighted by atomic mass is 16.5. The van der Waals surface area contributed by atoms with Gasteiger partial charge in [-0.1, -0.05) is 12.1 Å². The first kappa shape index (κ1) is 18.6. The maximum absolute atomic E-state index is 12.2. The second-order valence-corrected chi connectivity index (χ2v) is 5.65. The van der Waals surface area contributed by atoms with Crippen LogP contribution in [-0.2, 0) is 9.53 Å². The lowest BCUT2D eigenvalue weighted by Gasteiger charge is -2.17. The minimum absolute atomic E-state index is 0.131. The van der Waals surface area contributed by atoms with E-state index in [1.807, 2.05) is 6.92 Å². The van der Waals surface area contributed by atoms with Crippen molar-refractivity contribution >= 4 is 17.5 Å². The van der Waals surface area contributed by atoms with Crippen LogP contribution in [0.2, 0.25) is 0 Å². The van der Waals surface area contributed by atoms with E-state index in [4.69, 9.17) is 10.5 Å². The second kappa shape index (κ2) is 8.91. The van der Waals surface area contributed by atoms with Gasteiger partial charge in [-0.05, 0) is 36.8 Å². The lowest BCUT2D eigenvalue weighted by Crippen LogP contribution is -2.41. The number of aromatic nitrogens is 1. The van der Waals surface area contributed by atoms with Crippen molar-refractivity contribution in [3.63, 3.8) is 0 Å². The van der Waals surface area contributed by atoms with E-state index in [0.717, 1.165) is 0 Å². The Kier molecular flexibility index (Phi) is 6.62. The molecule has 0 radical (unpaired) electrons. The summed E-state index contributed by atoms with van der Waals surface area (Å²) < 4.78 is 4.98. The molecule has 1 aromatic carbocycles. The molecule has 0 aliphatic carbocycles. The highest BCUT2D eigenvalue weighted by Crippen LogP contribution is 2.14. The molecule has 0 fully saturated rings. The fourth-order valence-corrected chi connectivity index (χ4v) is 2.26. The molecule has 0 bridgehead atoms. The standard InChI is InChI=1S/C18H22N4O3/c1-12(11-25-2)21-18(24)16(19)13-3-5-14(6-4-13)17(23)22-15-7-9-20-10-8-15/h3-10,12,16H,11,19H2,1-2H3,(H,21,24)(H,20,22,23). The van der Waals surface area contributed by atoms with Gasteiger partial charge in [0.05, 0.1) is 6.61 Å². The maximum atomic E-state index is 12.2. The summed E-state index contributed by atoms with van der Waals surface area (Å²) >= 11 is 0. The summed E-state index contributed by atoms with van der Waals surface area (Å²) in [6.45, 7) is 2.24. The van der Waals surface area contributed by atoms with Gasteiger partial charge in [-0.3, -0.25) is 14.6 Å². The number of methoxy groups -OCH3 is 1. The molecule has 7 heteroatoms. The quantitative estimate of drug-likeness (QED) is 0.707. The predicted octanol–water partition coefficient (Wildman–Crippen LogP) is 1.48. The number of ether oxygens (including phenoxy) is 1. The predicted molar refractivity (Wildman–Crippen MR) is 95.0 cm³/mol. The molecule has 2 amide bonds. The fraction of sp³-hybridized carbons (Fsp3) is 0.278. The van der Waals surface area contributed by atoms with E-state index in [-0.39, 0.29) is 17.9 Å². The van der Waals surface area contributed by atoms with Gasteiger partial charge in [0.1, 0.15) is 6.04 Å². The number of amides is 2. The molecule has 132 valence electrons. The molecular formula is C18H22N4O3. The Morgan fingerprint density at radius 1 is 1.16 bits per heavy atom. The molecule has 1 heterocycles. The number of hydrogen-bond donors (Lipinski definition) is 3. The van der Waals surface area contributed by atoms with Crippen LogP contribution in [0.15, 0.2) is 48.8 Å². The number of benzene rings is 1. The summed E-state index contributed by atoms with van der Waals surface area (Å²) in [5.41, 5.74) is 7.73. The number of hydrogen-bond acceptors (Lipinski definition) is 5. The molecule has 25 heavy (non-hydrogen) atoms. The third-order valence-electron chi connectivity index (χ3n) is 3.56. The Morgan fingerprint density at radius 2 is 1.80 bits per heavy atom. The first-order chi connectivity index (χ1) is 12.0. The highest BCUT2D eigenvalue weighted by molar-refractivity contribution is 6.04. The summed E-state index contributed by atoms with van der Waals surface area (Å²) in [7, 11) is 1.57. The van der Waals surface area contributed by atoms with E-state index in [0.29, 0.717) is 23.4 Å². The summed E-state index contributed by atoms with van der Waals surface area (Å²) in [4.78, 5) is 28.2. The molecule has 0 saturated carbocycles. The molecule has 2 unspecified atom stereocenters. The molecule has 0 spiro atoms. The van der Waals surface area contributed by atoms with Gasteiger partial charge < -0.3 is 21.1 Å². The van der Waals surface area contributed by atoms with Crippen LogP contribution in [0.5, 0.6) is 0 Å². The van der Waals surface area contributed by atoms with Gasteiger partial charge in [0.2, 0.25) is 5.91 Å². The maximum Gasteiger partial charge on any atom is 0.255 e. The van der Waals surface area contributed by atoms with Crippen molar-refractivity contribution in [2.75, 3.05) is 19.0 Å². The average molecular weight is 342 g/mol. The molecule has 0 saturated heterocycles. The number of nitrogens with zero attached hydrogens (tertiary/aromatic N) is 1. The van der Waals surface area contributed by atoms with E-state index in [2.05, 4.69) is 15.6 Å². The van der Waals surface area contributed by atoms with Gasteiger partial charge in [0.25, 0.3) is 5.91 Å². The van der Waals surface area contributed by atoms with Crippen molar-refractivity contribution in [2.24, 2.45) is 5.73 Å². The van der Waals surface area contributed by atoms with Crippen LogP contribution < -0.4 is 16.4 Å². The molecule has 4 N–H and O–H groups in total. The molecule has 2 aromatic rings. The van der Waals surface area contributed by atoms with Crippen LogP contribution in [0.25, 0.3) is 0 Å². The van der Waals surface area contributed by atoms with Gasteiger partial charge in [-0.25, -0.2) is 0 Å².